The Morgan fingerprint density at radius 2 is 1.95 bits per heavy atom. The summed E-state index contributed by atoms with van der Waals surface area (Å²) in [6.45, 7) is 3.16. The molecule has 3 fully saturated rings. The highest BCUT2D eigenvalue weighted by atomic mass is 16.5. The van der Waals surface area contributed by atoms with Crippen molar-refractivity contribution in [3.05, 3.63) is 0 Å². The molecular formula is C16H28N2O2. The van der Waals surface area contributed by atoms with Crippen LogP contribution in [0.5, 0.6) is 0 Å². The smallest absolute Gasteiger partial charge is 0.324 e. The number of esters is 1. The van der Waals surface area contributed by atoms with E-state index < -0.39 is 0 Å². The second-order valence-corrected chi connectivity index (χ2v) is 6.87. The molecule has 20 heavy (non-hydrogen) atoms. The van der Waals surface area contributed by atoms with Crippen LogP contribution >= 0.6 is 0 Å². The summed E-state index contributed by atoms with van der Waals surface area (Å²) < 4.78 is 4.96. The fourth-order valence-electron chi connectivity index (χ4n) is 3.97. The third-order valence-electron chi connectivity index (χ3n) is 5.32. The van der Waals surface area contributed by atoms with E-state index >= 15 is 0 Å². The van der Waals surface area contributed by atoms with Crippen LogP contribution in [-0.4, -0.2) is 49.7 Å². The fraction of sp³-hybridized carbons (Fsp3) is 0.938. The van der Waals surface area contributed by atoms with Gasteiger partial charge in [0.25, 0.3) is 0 Å². The van der Waals surface area contributed by atoms with E-state index in [9.17, 15) is 4.79 Å². The van der Waals surface area contributed by atoms with Gasteiger partial charge in [0.05, 0.1) is 7.11 Å². The van der Waals surface area contributed by atoms with Crippen LogP contribution in [0.1, 0.15) is 44.9 Å². The number of ether oxygens (including phenoxy) is 1. The van der Waals surface area contributed by atoms with Gasteiger partial charge in [-0.05, 0) is 44.1 Å². The number of fused-ring (bicyclic) bond motifs is 1. The molecule has 1 saturated heterocycles. The average Bonchev–Trinajstić information content (AvgIpc) is 3.29. The highest BCUT2D eigenvalue weighted by Gasteiger charge is 2.34. The zero-order valence-corrected chi connectivity index (χ0v) is 12.6. The van der Waals surface area contributed by atoms with Crippen molar-refractivity contribution >= 4 is 5.97 Å². The van der Waals surface area contributed by atoms with Crippen LogP contribution in [0.3, 0.4) is 0 Å². The van der Waals surface area contributed by atoms with E-state index in [-0.39, 0.29) is 12.0 Å². The number of nitrogens with one attached hydrogen (secondary N) is 1. The van der Waals surface area contributed by atoms with E-state index in [4.69, 9.17) is 4.74 Å². The zero-order chi connectivity index (χ0) is 13.9. The molecule has 1 aliphatic heterocycles. The minimum Gasteiger partial charge on any atom is -0.468 e. The first kappa shape index (κ1) is 14.3. The van der Waals surface area contributed by atoms with E-state index in [0.717, 1.165) is 24.9 Å². The lowest BCUT2D eigenvalue weighted by Gasteiger charge is -2.42. The second kappa shape index (κ2) is 6.44. The first-order chi connectivity index (χ1) is 9.76. The molecule has 0 aromatic heterocycles. The topological polar surface area (TPSA) is 41.6 Å². The summed E-state index contributed by atoms with van der Waals surface area (Å²) in [4.78, 5) is 14.4. The first-order valence-electron chi connectivity index (χ1n) is 8.32. The molecule has 3 rings (SSSR count). The van der Waals surface area contributed by atoms with E-state index in [1.165, 1.54) is 58.6 Å². The monoisotopic (exact) mass is 280 g/mol. The summed E-state index contributed by atoms with van der Waals surface area (Å²) in [5.41, 5.74) is 0. The Morgan fingerprint density at radius 1 is 1.20 bits per heavy atom. The van der Waals surface area contributed by atoms with Gasteiger partial charge in [0.15, 0.2) is 0 Å². The number of carbonyl (C=O) groups excluding carboxylic acids is 1. The van der Waals surface area contributed by atoms with Crippen molar-refractivity contribution in [3.63, 3.8) is 0 Å². The van der Waals surface area contributed by atoms with Crippen LogP contribution in [0.4, 0.5) is 0 Å². The lowest BCUT2D eigenvalue weighted by Crippen LogP contribution is -2.51. The fourth-order valence-corrected chi connectivity index (χ4v) is 3.97. The molecule has 3 unspecified atom stereocenters. The molecule has 0 aromatic rings. The maximum Gasteiger partial charge on any atom is 0.324 e. The van der Waals surface area contributed by atoms with Gasteiger partial charge in [-0.15, -0.1) is 0 Å². The Labute approximate surface area is 122 Å². The molecule has 4 nitrogen and oxygen atoms in total. The molecule has 4 heteroatoms. The predicted octanol–water partition coefficient (Wildman–Crippen LogP) is 1.79. The average molecular weight is 280 g/mol. The second-order valence-electron chi connectivity index (χ2n) is 6.87. The summed E-state index contributed by atoms with van der Waals surface area (Å²) in [6, 6.07) is 0.416. The third kappa shape index (κ3) is 3.53. The minimum atomic E-state index is -0.132. The maximum absolute atomic E-state index is 11.9. The van der Waals surface area contributed by atoms with Gasteiger partial charge in [-0.25, -0.2) is 0 Å². The maximum atomic E-state index is 11.9. The van der Waals surface area contributed by atoms with Crippen LogP contribution in [0.2, 0.25) is 0 Å². The van der Waals surface area contributed by atoms with Gasteiger partial charge in [0, 0.05) is 19.1 Å². The summed E-state index contributed by atoms with van der Waals surface area (Å²) >= 11 is 0. The van der Waals surface area contributed by atoms with Crippen LogP contribution in [-0.2, 0) is 9.53 Å². The highest BCUT2D eigenvalue weighted by Crippen LogP contribution is 2.36. The van der Waals surface area contributed by atoms with Crippen molar-refractivity contribution in [2.45, 2.75) is 57.0 Å². The summed E-state index contributed by atoms with van der Waals surface area (Å²) in [6.07, 6.45) is 9.38. The van der Waals surface area contributed by atoms with E-state index in [0.29, 0.717) is 6.04 Å². The van der Waals surface area contributed by atoms with Crippen molar-refractivity contribution < 1.29 is 9.53 Å². The van der Waals surface area contributed by atoms with Crippen LogP contribution < -0.4 is 5.32 Å². The van der Waals surface area contributed by atoms with Crippen LogP contribution in [0.25, 0.3) is 0 Å². The summed E-state index contributed by atoms with van der Waals surface area (Å²) in [7, 11) is 1.50. The molecule has 0 aromatic carbocycles. The lowest BCUT2D eigenvalue weighted by molar-refractivity contribution is -0.144. The summed E-state index contributed by atoms with van der Waals surface area (Å²) in [5.74, 6) is 1.73. The molecule has 3 atom stereocenters. The molecular weight excluding hydrogens is 252 g/mol. The molecule has 3 aliphatic rings. The number of hydrogen-bond donors (Lipinski definition) is 1. The van der Waals surface area contributed by atoms with Gasteiger partial charge < -0.3 is 15.0 Å². The first-order valence-corrected chi connectivity index (χ1v) is 8.32. The zero-order valence-electron chi connectivity index (χ0n) is 12.6. The van der Waals surface area contributed by atoms with Crippen molar-refractivity contribution in [2.24, 2.45) is 11.8 Å². The van der Waals surface area contributed by atoms with E-state index in [1.54, 1.807) is 0 Å². The van der Waals surface area contributed by atoms with Gasteiger partial charge in [-0.2, -0.15) is 0 Å². The molecule has 0 amide bonds. The van der Waals surface area contributed by atoms with Gasteiger partial charge in [0.1, 0.15) is 6.04 Å². The number of carbonyl (C=O) groups is 1. The van der Waals surface area contributed by atoms with Gasteiger partial charge in [-0.1, -0.05) is 19.3 Å². The molecule has 0 bridgehead atoms. The number of rotatable bonds is 5. The minimum absolute atomic E-state index is 0.0948. The Bertz CT molecular complexity index is 343. The number of nitrogens with zero attached hydrogens (tertiary/aromatic N) is 1. The normalized spacial score (nSPS) is 32.5. The molecule has 114 valence electrons. The Balaban J connectivity index is 1.53. The third-order valence-corrected chi connectivity index (χ3v) is 5.32. The highest BCUT2D eigenvalue weighted by molar-refractivity contribution is 5.76. The standard InChI is InChI=1S/C16H28N2O2/c1-20-16(19)15(17-14-6-7-14)11-18-9-8-12-4-2-3-5-13(12)10-18/h12-15,17H,2-11H2,1H3. The van der Waals surface area contributed by atoms with Crippen LogP contribution in [0.15, 0.2) is 0 Å². The lowest BCUT2D eigenvalue weighted by atomic mass is 9.75. The van der Waals surface area contributed by atoms with E-state index in [1.807, 2.05) is 0 Å². The Kier molecular flexibility index (Phi) is 4.61. The van der Waals surface area contributed by atoms with Crippen molar-refractivity contribution in [1.29, 1.82) is 0 Å². The molecule has 1 heterocycles. The predicted molar refractivity (Wildman–Crippen MR) is 78.5 cm³/mol. The SMILES string of the molecule is COC(=O)C(CN1CCC2CCCCC2C1)NC1CC1. The number of likely N-dealkylation sites (tertiary alicyclic amines) is 1. The van der Waals surface area contributed by atoms with Crippen LogP contribution in [0, 0.1) is 11.8 Å². The number of hydrogen-bond acceptors (Lipinski definition) is 4. The van der Waals surface area contributed by atoms with Crippen molar-refractivity contribution in [2.75, 3.05) is 26.7 Å². The van der Waals surface area contributed by atoms with Crippen molar-refractivity contribution in [1.82, 2.24) is 10.2 Å². The molecule has 2 saturated carbocycles. The Morgan fingerprint density at radius 3 is 2.65 bits per heavy atom. The van der Waals surface area contributed by atoms with Crippen molar-refractivity contribution in [3.8, 4) is 0 Å². The number of methoxy groups -OCH3 is 1. The van der Waals surface area contributed by atoms with E-state index in [2.05, 4.69) is 10.2 Å². The van der Waals surface area contributed by atoms with Gasteiger partial charge in [0.2, 0.25) is 0 Å². The molecule has 2 aliphatic carbocycles. The van der Waals surface area contributed by atoms with Gasteiger partial charge in [-0.3, -0.25) is 4.79 Å². The summed E-state index contributed by atoms with van der Waals surface area (Å²) in [5, 5.41) is 3.44. The molecule has 1 N–H and O–H groups in total. The molecule has 0 spiro atoms. The van der Waals surface area contributed by atoms with Gasteiger partial charge >= 0.3 is 5.97 Å². The number of piperidine rings is 1. The Hall–Kier alpha value is -0.610. The molecule has 0 radical (unpaired) electrons. The quantitative estimate of drug-likeness (QED) is 0.780. The largest absolute Gasteiger partial charge is 0.468 e.